The number of hydrogen-bond acceptors (Lipinski definition) is 4. The summed E-state index contributed by atoms with van der Waals surface area (Å²) in [4.78, 5) is 34.7. The lowest BCUT2D eigenvalue weighted by Gasteiger charge is -2.21. The van der Waals surface area contributed by atoms with Crippen molar-refractivity contribution in [1.82, 2.24) is 15.5 Å². The van der Waals surface area contributed by atoms with Crippen LogP contribution in [0.15, 0.2) is 0 Å². The minimum Gasteiger partial charge on any atom is -0.480 e. The Labute approximate surface area is 112 Å². The molecule has 1 unspecified atom stereocenters. The van der Waals surface area contributed by atoms with Gasteiger partial charge in [-0.3, -0.25) is 4.79 Å². The van der Waals surface area contributed by atoms with Crippen LogP contribution in [0.1, 0.15) is 19.3 Å². The molecule has 8 heteroatoms. The van der Waals surface area contributed by atoms with Gasteiger partial charge in [0.1, 0.15) is 6.04 Å². The van der Waals surface area contributed by atoms with E-state index in [4.69, 9.17) is 10.8 Å². The summed E-state index contributed by atoms with van der Waals surface area (Å²) in [7, 11) is 3.39. The minimum atomic E-state index is -1.18. The van der Waals surface area contributed by atoms with E-state index in [9.17, 15) is 14.4 Å². The van der Waals surface area contributed by atoms with E-state index in [-0.39, 0.29) is 12.8 Å². The molecule has 5 N–H and O–H groups in total. The van der Waals surface area contributed by atoms with E-state index in [1.807, 2.05) is 7.05 Å². The second-order valence-corrected chi connectivity index (χ2v) is 4.22. The molecule has 0 aromatic carbocycles. The Balaban J connectivity index is 4.22. The topological polar surface area (TPSA) is 125 Å². The molecule has 0 saturated heterocycles. The van der Waals surface area contributed by atoms with Crippen LogP contribution in [0.3, 0.4) is 0 Å². The summed E-state index contributed by atoms with van der Waals surface area (Å²) < 4.78 is 0. The molecule has 0 bridgehead atoms. The van der Waals surface area contributed by atoms with Crippen LogP contribution in [0.2, 0.25) is 0 Å². The number of rotatable bonds is 9. The number of hydrogen-bond donors (Lipinski definition) is 4. The fraction of sp³-hybridized carbons (Fsp3) is 0.727. The monoisotopic (exact) mass is 274 g/mol. The zero-order valence-corrected chi connectivity index (χ0v) is 11.3. The maximum atomic E-state index is 11.7. The summed E-state index contributed by atoms with van der Waals surface area (Å²) >= 11 is 0. The lowest BCUT2D eigenvalue weighted by Crippen LogP contribution is -2.47. The number of nitrogens with zero attached hydrogens (tertiary/aromatic N) is 1. The third-order valence-corrected chi connectivity index (χ3v) is 2.54. The average Bonchev–Trinajstić information content (AvgIpc) is 2.33. The maximum Gasteiger partial charge on any atom is 0.326 e. The molecular weight excluding hydrogens is 252 g/mol. The van der Waals surface area contributed by atoms with E-state index in [1.165, 1.54) is 4.90 Å². The van der Waals surface area contributed by atoms with E-state index in [2.05, 4.69) is 10.6 Å². The van der Waals surface area contributed by atoms with Crippen molar-refractivity contribution < 1.29 is 19.5 Å². The maximum absolute atomic E-state index is 11.7. The molecule has 3 amide bonds. The lowest BCUT2D eigenvalue weighted by atomic mass is 10.1. The molecule has 0 aliphatic heterocycles. The molecule has 0 saturated carbocycles. The number of carboxylic acids is 1. The van der Waals surface area contributed by atoms with Crippen LogP contribution < -0.4 is 16.4 Å². The molecule has 0 aromatic heterocycles. The Morgan fingerprint density at radius 2 is 2.00 bits per heavy atom. The van der Waals surface area contributed by atoms with Crippen molar-refractivity contribution in [1.29, 1.82) is 0 Å². The number of aliphatic carboxylic acids is 1. The SMILES string of the molecule is CNCCCN(C)C(=O)NC(CCC(N)=O)C(=O)O. The van der Waals surface area contributed by atoms with E-state index >= 15 is 0 Å². The van der Waals surface area contributed by atoms with Crippen LogP contribution in [0, 0.1) is 0 Å². The molecule has 0 heterocycles. The van der Waals surface area contributed by atoms with Gasteiger partial charge in [0.15, 0.2) is 0 Å². The van der Waals surface area contributed by atoms with Crippen molar-refractivity contribution in [2.45, 2.75) is 25.3 Å². The average molecular weight is 274 g/mol. The van der Waals surface area contributed by atoms with E-state index in [0.29, 0.717) is 6.54 Å². The summed E-state index contributed by atoms with van der Waals surface area (Å²) in [6.45, 7) is 1.27. The standard InChI is InChI=1S/C11H22N4O4/c1-13-6-3-7-15(2)11(19)14-8(10(17)18)4-5-9(12)16/h8,13H,3-7H2,1-2H3,(H2,12,16)(H,14,19)(H,17,18). The molecule has 0 fully saturated rings. The van der Waals surface area contributed by atoms with Crippen molar-refractivity contribution in [2.24, 2.45) is 5.73 Å². The molecule has 1 atom stereocenters. The number of carbonyl (C=O) groups excluding carboxylic acids is 2. The highest BCUT2D eigenvalue weighted by atomic mass is 16.4. The van der Waals surface area contributed by atoms with Crippen LogP contribution in [-0.2, 0) is 9.59 Å². The Hall–Kier alpha value is -1.83. The van der Waals surface area contributed by atoms with Crippen molar-refractivity contribution in [2.75, 3.05) is 27.2 Å². The van der Waals surface area contributed by atoms with Crippen LogP contribution in [-0.4, -0.2) is 61.1 Å². The van der Waals surface area contributed by atoms with Crippen LogP contribution >= 0.6 is 0 Å². The van der Waals surface area contributed by atoms with Gasteiger partial charge in [0.05, 0.1) is 0 Å². The van der Waals surface area contributed by atoms with Gasteiger partial charge < -0.3 is 26.4 Å². The highest BCUT2D eigenvalue weighted by Gasteiger charge is 2.21. The third kappa shape index (κ3) is 7.98. The molecule has 0 rings (SSSR count). The summed E-state index contributed by atoms with van der Waals surface area (Å²) in [5.41, 5.74) is 4.95. The first kappa shape index (κ1) is 17.2. The Morgan fingerprint density at radius 3 is 2.47 bits per heavy atom. The van der Waals surface area contributed by atoms with Gasteiger partial charge in [-0.1, -0.05) is 0 Å². The predicted octanol–water partition coefficient (Wildman–Crippen LogP) is -1.04. The summed E-state index contributed by atoms with van der Waals surface area (Å²) in [5, 5.41) is 14.2. The van der Waals surface area contributed by atoms with Gasteiger partial charge in [-0.2, -0.15) is 0 Å². The number of urea groups is 1. The molecule has 0 aromatic rings. The van der Waals surface area contributed by atoms with Crippen LogP contribution in [0.5, 0.6) is 0 Å². The lowest BCUT2D eigenvalue weighted by molar-refractivity contribution is -0.139. The Morgan fingerprint density at radius 1 is 1.37 bits per heavy atom. The number of amides is 3. The van der Waals surface area contributed by atoms with Gasteiger partial charge in [-0.05, 0) is 26.4 Å². The first-order chi connectivity index (χ1) is 8.88. The fourth-order valence-corrected chi connectivity index (χ4v) is 1.40. The third-order valence-electron chi connectivity index (χ3n) is 2.54. The fourth-order valence-electron chi connectivity index (χ4n) is 1.40. The first-order valence-electron chi connectivity index (χ1n) is 6.05. The summed E-state index contributed by atoms with van der Waals surface area (Å²) in [6, 6.07) is -1.58. The van der Waals surface area contributed by atoms with Crippen LogP contribution in [0.4, 0.5) is 4.79 Å². The number of carboxylic acid groups (broad SMARTS) is 1. The van der Waals surface area contributed by atoms with Gasteiger partial charge in [0.25, 0.3) is 0 Å². The second-order valence-electron chi connectivity index (χ2n) is 4.22. The molecule has 19 heavy (non-hydrogen) atoms. The van der Waals surface area contributed by atoms with Crippen molar-refractivity contribution >= 4 is 17.9 Å². The van der Waals surface area contributed by atoms with Gasteiger partial charge in [-0.15, -0.1) is 0 Å². The number of nitrogens with two attached hydrogens (primary N) is 1. The van der Waals surface area contributed by atoms with E-state index in [0.717, 1.165) is 13.0 Å². The van der Waals surface area contributed by atoms with Gasteiger partial charge in [-0.25, -0.2) is 9.59 Å². The van der Waals surface area contributed by atoms with E-state index in [1.54, 1.807) is 7.05 Å². The van der Waals surface area contributed by atoms with Gasteiger partial charge in [0, 0.05) is 20.0 Å². The quantitative estimate of drug-likeness (QED) is 0.399. The molecule has 8 nitrogen and oxygen atoms in total. The Kier molecular flexibility index (Phi) is 8.27. The van der Waals surface area contributed by atoms with Crippen molar-refractivity contribution in [3.63, 3.8) is 0 Å². The summed E-state index contributed by atoms with van der Waals surface area (Å²) in [5.74, 6) is -1.78. The smallest absolute Gasteiger partial charge is 0.326 e. The Bertz CT molecular complexity index is 322. The molecule has 0 radical (unpaired) electrons. The molecule has 0 aliphatic rings. The number of nitrogens with one attached hydrogen (secondary N) is 2. The molecule has 110 valence electrons. The highest BCUT2D eigenvalue weighted by Crippen LogP contribution is 1.99. The molecule has 0 spiro atoms. The predicted molar refractivity (Wildman–Crippen MR) is 69.6 cm³/mol. The molecule has 0 aliphatic carbocycles. The molecular formula is C11H22N4O4. The zero-order valence-electron chi connectivity index (χ0n) is 11.3. The minimum absolute atomic E-state index is 0.0131. The van der Waals surface area contributed by atoms with E-state index < -0.39 is 23.9 Å². The second kappa shape index (κ2) is 9.15. The van der Waals surface area contributed by atoms with Crippen molar-refractivity contribution in [3.8, 4) is 0 Å². The van der Waals surface area contributed by atoms with Crippen molar-refractivity contribution in [3.05, 3.63) is 0 Å². The van der Waals surface area contributed by atoms with Gasteiger partial charge >= 0.3 is 12.0 Å². The highest BCUT2D eigenvalue weighted by molar-refractivity contribution is 5.83. The first-order valence-corrected chi connectivity index (χ1v) is 6.05. The largest absolute Gasteiger partial charge is 0.480 e. The number of primary amides is 1. The normalized spacial score (nSPS) is 11.7. The summed E-state index contributed by atoms with van der Waals surface area (Å²) in [6.07, 6.45) is 0.668. The van der Waals surface area contributed by atoms with Gasteiger partial charge in [0.2, 0.25) is 5.91 Å². The number of carbonyl (C=O) groups is 3. The zero-order chi connectivity index (χ0) is 14.8. The van der Waals surface area contributed by atoms with Crippen LogP contribution in [0.25, 0.3) is 0 Å².